The third kappa shape index (κ3) is 5.96. The molecular weight excluding hydrogens is 371 g/mol. The molecule has 0 aromatic heterocycles. The van der Waals surface area contributed by atoms with Crippen LogP contribution in [-0.4, -0.2) is 39.8 Å². The van der Waals surface area contributed by atoms with Gasteiger partial charge in [-0.1, -0.05) is 30.3 Å². The lowest BCUT2D eigenvalue weighted by Crippen LogP contribution is -2.45. The van der Waals surface area contributed by atoms with Gasteiger partial charge in [0, 0.05) is 0 Å². The summed E-state index contributed by atoms with van der Waals surface area (Å²) >= 11 is 0. The lowest BCUT2D eigenvalue weighted by Gasteiger charge is -2.23. The molecule has 2 aromatic rings. The predicted molar refractivity (Wildman–Crippen MR) is 103 cm³/mol. The zero-order valence-electron chi connectivity index (χ0n) is 15.5. The topological polar surface area (TPSA) is 75.7 Å². The number of benzene rings is 2. The Labute approximate surface area is 159 Å². The lowest BCUT2D eigenvalue weighted by molar-refractivity contribution is -0.120. The van der Waals surface area contributed by atoms with Crippen LogP contribution < -0.4 is 14.4 Å². The number of hydrogen-bond acceptors (Lipinski definition) is 4. The van der Waals surface area contributed by atoms with Crippen molar-refractivity contribution in [3.05, 3.63) is 59.9 Å². The van der Waals surface area contributed by atoms with E-state index in [0.717, 1.165) is 22.2 Å². The Hall–Kier alpha value is -2.61. The maximum atomic E-state index is 14.0. The molecule has 8 heteroatoms. The Kier molecular flexibility index (Phi) is 6.79. The van der Waals surface area contributed by atoms with Gasteiger partial charge >= 0.3 is 0 Å². The fourth-order valence-corrected chi connectivity index (χ4v) is 3.32. The highest BCUT2D eigenvalue weighted by Crippen LogP contribution is 2.21. The molecule has 0 aliphatic rings. The van der Waals surface area contributed by atoms with Gasteiger partial charge in [0.1, 0.15) is 24.7 Å². The van der Waals surface area contributed by atoms with Crippen molar-refractivity contribution in [1.29, 1.82) is 0 Å². The first-order valence-corrected chi connectivity index (χ1v) is 10.2. The quantitative estimate of drug-likeness (QED) is 0.746. The second kappa shape index (κ2) is 8.85. The summed E-state index contributed by atoms with van der Waals surface area (Å²) in [4.78, 5) is 12.3. The van der Waals surface area contributed by atoms with Crippen molar-refractivity contribution in [3.8, 4) is 5.75 Å². The third-order valence-electron chi connectivity index (χ3n) is 3.80. The molecule has 0 aliphatic carbocycles. The largest absolute Gasteiger partial charge is 0.491 e. The first-order valence-electron chi connectivity index (χ1n) is 8.38. The number of hydrogen-bond donors (Lipinski definition) is 1. The molecule has 1 N–H and O–H groups in total. The van der Waals surface area contributed by atoms with E-state index in [9.17, 15) is 17.6 Å². The molecule has 0 fully saturated rings. The Balaban J connectivity index is 1.99. The summed E-state index contributed by atoms with van der Waals surface area (Å²) in [5.41, 5.74) is 0.804. The average Bonchev–Trinajstić information content (AvgIpc) is 2.59. The average molecular weight is 394 g/mol. The van der Waals surface area contributed by atoms with E-state index < -0.39 is 28.3 Å². The summed E-state index contributed by atoms with van der Waals surface area (Å²) in [6.45, 7) is 3.35. The number of para-hydroxylation sites is 2. The van der Waals surface area contributed by atoms with E-state index in [2.05, 4.69) is 5.32 Å². The number of halogens is 1. The first-order chi connectivity index (χ1) is 12.7. The van der Waals surface area contributed by atoms with Crippen molar-refractivity contribution in [2.24, 2.45) is 0 Å². The number of carbonyl (C=O) groups excluding carboxylic acids is 1. The van der Waals surface area contributed by atoms with Gasteiger partial charge in [-0.2, -0.15) is 0 Å². The van der Waals surface area contributed by atoms with E-state index in [1.807, 2.05) is 31.2 Å². The number of anilines is 1. The highest BCUT2D eigenvalue weighted by atomic mass is 32.2. The van der Waals surface area contributed by atoms with Gasteiger partial charge in [0.15, 0.2) is 0 Å². The zero-order chi connectivity index (χ0) is 20.0. The minimum absolute atomic E-state index is 0.168. The van der Waals surface area contributed by atoms with Crippen molar-refractivity contribution in [3.63, 3.8) is 0 Å². The Bertz CT molecular complexity index is 902. The van der Waals surface area contributed by atoms with E-state index in [1.54, 1.807) is 6.92 Å². The van der Waals surface area contributed by atoms with Crippen molar-refractivity contribution >= 4 is 21.6 Å². The van der Waals surface area contributed by atoms with Crippen molar-refractivity contribution in [2.75, 3.05) is 23.7 Å². The van der Waals surface area contributed by atoms with Crippen LogP contribution in [0.2, 0.25) is 0 Å². The Morgan fingerprint density at radius 2 is 1.81 bits per heavy atom. The summed E-state index contributed by atoms with van der Waals surface area (Å²) in [5, 5.41) is 2.67. The molecule has 0 aliphatic heterocycles. The van der Waals surface area contributed by atoms with E-state index >= 15 is 0 Å². The number of carbonyl (C=O) groups is 1. The highest BCUT2D eigenvalue weighted by Gasteiger charge is 2.24. The van der Waals surface area contributed by atoms with Crippen LogP contribution in [0.25, 0.3) is 0 Å². The van der Waals surface area contributed by atoms with Gasteiger partial charge in [0.25, 0.3) is 0 Å². The number of sulfonamides is 1. The molecule has 6 nitrogen and oxygen atoms in total. The number of aryl methyl sites for hydroxylation is 1. The molecule has 0 saturated carbocycles. The molecule has 146 valence electrons. The molecule has 0 radical (unpaired) electrons. The molecule has 0 heterocycles. The minimum atomic E-state index is -3.83. The Morgan fingerprint density at radius 1 is 1.19 bits per heavy atom. The van der Waals surface area contributed by atoms with Gasteiger partial charge in [-0.05, 0) is 37.6 Å². The molecule has 1 unspecified atom stereocenters. The number of ether oxygens (including phenoxy) is 1. The van der Waals surface area contributed by atoms with Crippen LogP contribution in [0.15, 0.2) is 48.5 Å². The van der Waals surface area contributed by atoms with Crippen LogP contribution in [0.1, 0.15) is 12.5 Å². The van der Waals surface area contributed by atoms with E-state index in [0.29, 0.717) is 5.75 Å². The number of nitrogens with zero attached hydrogens (tertiary/aromatic N) is 1. The first kappa shape index (κ1) is 20.7. The van der Waals surface area contributed by atoms with Gasteiger partial charge in [0.2, 0.25) is 15.9 Å². The summed E-state index contributed by atoms with van der Waals surface area (Å²) in [6.07, 6.45) is 0.928. The third-order valence-corrected chi connectivity index (χ3v) is 4.92. The van der Waals surface area contributed by atoms with Crippen molar-refractivity contribution in [1.82, 2.24) is 5.32 Å². The number of rotatable bonds is 8. The molecule has 0 bridgehead atoms. The molecule has 1 amide bonds. The van der Waals surface area contributed by atoms with Gasteiger partial charge in [-0.25, -0.2) is 12.8 Å². The van der Waals surface area contributed by atoms with Crippen LogP contribution in [0.5, 0.6) is 5.75 Å². The fraction of sp³-hybridized carbons (Fsp3) is 0.316. The predicted octanol–water partition coefficient (Wildman–Crippen LogP) is 2.48. The summed E-state index contributed by atoms with van der Waals surface area (Å²) < 4.78 is 44.4. The molecule has 1 atom stereocenters. The Morgan fingerprint density at radius 3 is 2.44 bits per heavy atom. The van der Waals surface area contributed by atoms with Crippen LogP contribution >= 0.6 is 0 Å². The van der Waals surface area contributed by atoms with Gasteiger partial charge < -0.3 is 10.1 Å². The van der Waals surface area contributed by atoms with Crippen molar-refractivity contribution in [2.45, 2.75) is 19.9 Å². The summed E-state index contributed by atoms with van der Waals surface area (Å²) in [7, 11) is -3.83. The molecule has 2 rings (SSSR count). The minimum Gasteiger partial charge on any atom is -0.491 e. The highest BCUT2D eigenvalue weighted by molar-refractivity contribution is 7.92. The standard InChI is InChI=1S/C19H23FN2O4S/c1-14-8-4-7-11-18(14)26-13-15(2)21-19(23)12-22(27(3,24)25)17-10-6-5-9-16(17)20/h4-11,15H,12-13H2,1-3H3,(H,21,23). The number of nitrogens with one attached hydrogen (secondary N) is 1. The monoisotopic (exact) mass is 394 g/mol. The number of amides is 1. The van der Waals surface area contributed by atoms with Gasteiger partial charge in [-0.15, -0.1) is 0 Å². The molecule has 27 heavy (non-hydrogen) atoms. The fourth-order valence-electron chi connectivity index (χ4n) is 2.46. The molecule has 0 saturated heterocycles. The second-order valence-corrected chi connectivity index (χ2v) is 8.17. The van der Waals surface area contributed by atoms with Gasteiger partial charge in [0.05, 0.1) is 18.0 Å². The maximum absolute atomic E-state index is 14.0. The van der Waals surface area contributed by atoms with E-state index in [4.69, 9.17) is 4.74 Å². The van der Waals surface area contributed by atoms with Gasteiger partial charge in [-0.3, -0.25) is 9.10 Å². The van der Waals surface area contributed by atoms with Crippen LogP contribution in [0, 0.1) is 12.7 Å². The normalized spacial score (nSPS) is 12.3. The smallest absolute Gasteiger partial charge is 0.241 e. The van der Waals surface area contributed by atoms with Crippen LogP contribution in [0.3, 0.4) is 0 Å². The molecule has 2 aromatic carbocycles. The lowest BCUT2D eigenvalue weighted by atomic mass is 10.2. The van der Waals surface area contributed by atoms with E-state index in [-0.39, 0.29) is 18.3 Å². The van der Waals surface area contributed by atoms with Crippen LogP contribution in [0.4, 0.5) is 10.1 Å². The zero-order valence-corrected chi connectivity index (χ0v) is 16.3. The van der Waals surface area contributed by atoms with Crippen LogP contribution in [-0.2, 0) is 14.8 Å². The molecule has 0 spiro atoms. The van der Waals surface area contributed by atoms with E-state index in [1.165, 1.54) is 18.2 Å². The molecular formula is C19H23FN2O4S. The summed E-state index contributed by atoms with van der Waals surface area (Å²) in [5.74, 6) is -0.557. The summed E-state index contributed by atoms with van der Waals surface area (Å²) in [6, 6.07) is 12.5. The maximum Gasteiger partial charge on any atom is 0.241 e. The second-order valence-electron chi connectivity index (χ2n) is 6.27. The SMILES string of the molecule is Cc1ccccc1OCC(C)NC(=O)CN(c1ccccc1F)S(C)(=O)=O. The van der Waals surface area contributed by atoms with Crippen molar-refractivity contribution < 1.29 is 22.3 Å².